The molecule has 14 heavy (non-hydrogen) atoms. The van der Waals surface area contributed by atoms with Crippen molar-refractivity contribution >= 4 is 5.96 Å². The molecule has 5 heteroatoms. The molecule has 5 nitrogen and oxygen atoms in total. The van der Waals surface area contributed by atoms with Gasteiger partial charge < -0.3 is 9.47 Å². The number of hydrogen-bond acceptors (Lipinski definition) is 2. The molecule has 1 aliphatic rings. The summed E-state index contributed by atoms with van der Waals surface area (Å²) < 4.78 is 10.4. The van der Waals surface area contributed by atoms with Gasteiger partial charge in [0.1, 0.15) is 0 Å². The van der Waals surface area contributed by atoms with Crippen molar-refractivity contribution in [3.05, 3.63) is 23.8 Å². The van der Waals surface area contributed by atoms with E-state index in [4.69, 9.17) is 20.9 Å². The van der Waals surface area contributed by atoms with Gasteiger partial charge in [0.15, 0.2) is 11.5 Å². The molecule has 5 N–H and O–H groups in total. The molecule has 0 atom stereocenters. The van der Waals surface area contributed by atoms with Crippen LogP contribution in [0.15, 0.2) is 18.2 Å². The molecular formula is C9H12N3O2+. The Morgan fingerprint density at radius 2 is 2.07 bits per heavy atom. The fourth-order valence-corrected chi connectivity index (χ4v) is 1.26. The van der Waals surface area contributed by atoms with Crippen molar-refractivity contribution in [2.24, 2.45) is 11.5 Å². The van der Waals surface area contributed by atoms with E-state index in [0.29, 0.717) is 6.54 Å². The van der Waals surface area contributed by atoms with Gasteiger partial charge in [0.25, 0.3) is 0 Å². The minimum atomic E-state index is 0.211. The first-order chi connectivity index (χ1) is 6.75. The van der Waals surface area contributed by atoms with Crippen molar-refractivity contribution in [1.29, 1.82) is 0 Å². The highest BCUT2D eigenvalue weighted by Gasteiger charge is 2.12. The number of fused-ring (bicyclic) bond motifs is 1. The highest BCUT2D eigenvalue weighted by atomic mass is 16.7. The molecule has 1 aromatic carbocycles. The summed E-state index contributed by atoms with van der Waals surface area (Å²) >= 11 is 0. The van der Waals surface area contributed by atoms with E-state index >= 15 is 0 Å². The SMILES string of the molecule is NC(N)=[NH+]Cc1ccc2c(c1)OCO2. The van der Waals surface area contributed by atoms with Crippen LogP contribution >= 0.6 is 0 Å². The molecule has 0 fully saturated rings. The Labute approximate surface area is 81.3 Å². The van der Waals surface area contributed by atoms with E-state index < -0.39 is 0 Å². The van der Waals surface area contributed by atoms with Crippen molar-refractivity contribution in [3.63, 3.8) is 0 Å². The molecular weight excluding hydrogens is 182 g/mol. The minimum absolute atomic E-state index is 0.211. The van der Waals surface area contributed by atoms with Crippen LogP contribution in [-0.2, 0) is 6.54 Å². The Morgan fingerprint density at radius 1 is 1.29 bits per heavy atom. The van der Waals surface area contributed by atoms with Crippen LogP contribution < -0.4 is 25.9 Å². The molecule has 0 aliphatic carbocycles. The van der Waals surface area contributed by atoms with Crippen molar-refractivity contribution in [2.45, 2.75) is 6.54 Å². The van der Waals surface area contributed by atoms with Gasteiger partial charge in [0.05, 0.1) is 6.54 Å². The highest BCUT2D eigenvalue weighted by Crippen LogP contribution is 2.32. The largest absolute Gasteiger partial charge is 0.454 e. The predicted molar refractivity (Wildman–Crippen MR) is 50.6 cm³/mol. The van der Waals surface area contributed by atoms with Crippen LogP contribution in [0.2, 0.25) is 0 Å². The van der Waals surface area contributed by atoms with Gasteiger partial charge in [-0.15, -0.1) is 0 Å². The fourth-order valence-electron chi connectivity index (χ4n) is 1.26. The lowest BCUT2D eigenvalue weighted by atomic mass is 10.2. The molecule has 74 valence electrons. The van der Waals surface area contributed by atoms with Crippen LogP contribution in [0.1, 0.15) is 5.56 Å². The Morgan fingerprint density at radius 3 is 2.86 bits per heavy atom. The van der Waals surface area contributed by atoms with Gasteiger partial charge in [-0.1, -0.05) is 6.07 Å². The Kier molecular flexibility index (Phi) is 2.14. The summed E-state index contributed by atoms with van der Waals surface area (Å²) in [6.07, 6.45) is 0. The minimum Gasteiger partial charge on any atom is -0.454 e. The van der Waals surface area contributed by atoms with E-state index in [0.717, 1.165) is 17.1 Å². The molecule has 1 aliphatic heterocycles. The summed E-state index contributed by atoms with van der Waals surface area (Å²) in [6.45, 7) is 0.871. The zero-order valence-electron chi connectivity index (χ0n) is 7.62. The van der Waals surface area contributed by atoms with Gasteiger partial charge in [-0.25, -0.2) is 0 Å². The smallest absolute Gasteiger partial charge is 0.339 e. The normalized spacial score (nSPS) is 12.6. The molecule has 2 rings (SSSR count). The second kappa shape index (κ2) is 3.45. The maximum atomic E-state index is 5.28. The number of guanidine groups is 1. The fraction of sp³-hybridized carbons (Fsp3) is 0.222. The molecule has 0 amide bonds. The standard InChI is InChI=1S/C9H11N3O2/c10-9(11)12-4-6-1-2-7-8(3-6)14-5-13-7/h1-3H,4-5H2,(H4,10,11,12)/p+1. The second-order valence-corrected chi connectivity index (χ2v) is 3.00. The van der Waals surface area contributed by atoms with Gasteiger partial charge in [0.2, 0.25) is 6.79 Å². The zero-order chi connectivity index (χ0) is 9.97. The van der Waals surface area contributed by atoms with Crippen LogP contribution in [0.5, 0.6) is 11.5 Å². The molecule has 0 radical (unpaired) electrons. The van der Waals surface area contributed by atoms with Crippen LogP contribution in [0.25, 0.3) is 0 Å². The lowest BCUT2D eigenvalue weighted by Gasteiger charge is -1.98. The lowest BCUT2D eigenvalue weighted by Crippen LogP contribution is -2.76. The van der Waals surface area contributed by atoms with Crippen molar-refractivity contribution in [1.82, 2.24) is 0 Å². The van der Waals surface area contributed by atoms with Crippen molar-refractivity contribution < 1.29 is 14.5 Å². The quantitative estimate of drug-likeness (QED) is 0.386. The van der Waals surface area contributed by atoms with Gasteiger partial charge in [-0.2, -0.15) is 0 Å². The first-order valence-electron chi connectivity index (χ1n) is 4.26. The predicted octanol–water partition coefficient (Wildman–Crippen LogP) is -1.73. The number of hydrogen-bond donors (Lipinski definition) is 3. The number of nitrogens with one attached hydrogen (secondary N) is 1. The Balaban J connectivity index is 2.17. The summed E-state index contributed by atoms with van der Waals surface area (Å²) in [4.78, 5) is 2.83. The molecule has 0 saturated heterocycles. The van der Waals surface area contributed by atoms with Crippen LogP contribution in [0, 0.1) is 0 Å². The summed E-state index contributed by atoms with van der Waals surface area (Å²) in [5.74, 6) is 1.75. The van der Waals surface area contributed by atoms with E-state index in [1.54, 1.807) is 0 Å². The van der Waals surface area contributed by atoms with Gasteiger partial charge in [-0.3, -0.25) is 16.5 Å². The van der Waals surface area contributed by atoms with Gasteiger partial charge >= 0.3 is 5.96 Å². The molecule has 1 heterocycles. The maximum absolute atomic E-state index is 5.28. The average molecular weight is 194 g/mol. The van der Waals surface area contributed by atoms with E-state index in [1.165, 1.54) is 0 Å². The third-order valence-corrected chi connectivity index (χ3v) is 1.93. The van der Waals surface area contributed by atoms with E-state index in [2.05, 4.69) is 4.99 Å². The van der Waals surface area contributed by atoms with E-state index in [9.17, 15) is 0 Å². The summed E-state index contributed by atoms with van der Waals surface area (Å²) in [5.41, 5.74) is 11.6. The van der Waals surface area contributed by atoms with Gasteiger partial charge in [0, 0.05) is 0 Å². The molecule has 0 saturated carbocycles. The van der Waals surface area contributed by atoms with E-state index in [1.807, 2.05) is 18.2 Å². The van der Waals surface area contributed by atoms with Crippen molar-refractivity contribution in [3.8, 4) is 11.5 Å². The van der Waals surface area contributed by atoms with Gasteiger partial charge in [-0.05, 0) is 17.7 Å². The van der Waals surface area contributed by atoms with Crippen LogP contribution in [0.3, 0.4) is 0 Å². The number of rotatable bonds is 2. The molecule has 0 bridgehead atoms. The number of nitrogens with two attached hydrogens (primary N) is 2. The average Bonchev–Trinajstić information content (AvgIpc) is 2.61. The molecule has 0 aromatic heterocycles. The Bertz CT molecular complexity index is 372. The first-order valence-corrected chi connectivity index (χ1v) is 4.26. The van der Waals surface area contributed by atoms with Crippen LogP contribution in [-0.4, -0.2) is 12.8 Å². The molecule has 1 aromatic rings. The number of ether oxygens (including phenoxy) is 2. The summed E-state index contributed by atoms with van der Waals surface area (Å²) in [5, 5.41) is 0. The second-order valence-electron chi connectivity index (χ2n) is 3.00. The monoisotopic (exact) mass is 194 g/mol. The highest BCUT2D eigenvalue weighted by molar-refractivity contribution is 5.69. The van der Waals surface area contributed by atoms with E-state index in [-0.39, 0.29) is 12.8 Å². The molecule has 0 spiro atoms. The topological polar surface area (TPSA) is 84.5 Å². The zero-order valence-corrected chi connectivity index (χ0v) is 7.62. The Hall–Kier alpha value is -1.91. The summed E-state index contributed by atoms with van der Waals surface area (Å²) in [6, 6.07) is 5.70. The third-order valence-electron chi connectivity index (χ3n) is 1.93. The summed E-state index contributed by atoms with van der Waals surface area (Å²) in [7, 11) is 0. The lowest BCUT2D eigenvalue weighted by molar-refractivity contribution is -0.477. The number of benzene rings is 1. The van der Waals surface area contributed by atoms with Crippen molar-refractivity contribution in [2.75, 3.05) is 6.79 Å². The maximum Gasteiger partial charge on any atom is 0.339 e. The third kappa shape index (κ3) is 1.71. The molecule has 0 unspecified atom stereocenters. The van der Waals surface area contributed by atoms with Crippen LogP contribution in [0.4, 0.5) is 0 Å². The first kappa shape index (κ1) is 8.68.